The van der Waals surface area contributed by atoms with Gasteiger partial charge in [0.25, 0.3) is 11.8 Å². The van der Waals surface area contributed by atoms with Gasteiger partial charge in [-0.2, -0.15) is 0 Å². The maximum Gasteiger partial charge on any atom is 0.335 e. The van der Waals surface area contributed by atoms with Crippen LogP contribution in [0.25, 0.3) is 17.0 Å². The third-order valence-corrected chi connectivity index (χ3v) is 5.32. The number of benzene rings is 2. The quantitative estimate of drug-likeness (QED) is 0.442. The second-order valence-electron chi connectivity index (χ2n) is 7.44. The smallest absolute Gasteiger partial charge is 0.335 e. The van der Waals surface area contributed by atoms with Crippen molar-refractivity contribution in [2.45, 2.75) is 19.9 Å². The van der Waals surface area contributed by atoms with Crippen molar-refractivity contribution in [2.24, 2.45) is 0 Å². The molecule has 2 aromatic carbocycles. The normalized spacial score (nSPS) is 16.2. The molecule has 1 fully saturated rings. The third-order valence-electron chi connectivity index (χ3n) is 5.32. The molecule has 0 aliphatic carbocycles. The zero-order chi connectivity index (χ0) is 23.7. The van der Waals surface area contributed by atoms with Crippen LogP contribution < -0.4 is 15.0 Å². The van der Waals surface area contributed by atoms with Crippen molar-refractivity contribution in [1.82, 2.24) is 9.88 Å². The first-order chi connectivity index (χ1) is 15.8. The number of aliphatic carboxylic acids is 1. The second kappa shape index (κ2) is 8.62. The van der Waals surface area contributed by atoms with Crippen LogP contribution >= 0.6 is 0 Å². The molecule has 1 atom stereocenters. The molecule has 0 bridgehead atoms. The number of anilines is 1. The number of urea groups is 1. The number of fused-ring (bicyclic) bond motifs is 1. The van der Waals surface area contributed by atoms with Crippen molar-refractivity contribution >= 4 is 46.5 Å². The third kappa shape index (κ3) is 4.08. The van der Waals surface area contributed by atoms with E-state index in [-0.39, 0.29) is 11.3 Å². The number of barbiturate groups is 1. The van der Waals surface area contributed by atoms with Crippen LogP contribution in [0.2, 0.25) is 0 Å². The highest BCUT2D eigenvalue weighted by molar-refractivity contribution is 6.39. The highest BCUT2D eigenvalue weighted by Crippen LogP contribution is 2.27. The molecule has 2 heterocycles. The van der Waals surface area contributed by atoms with E-state index in [0.29, 0.717) is 23.4 Å². The zero-order valence-electron chi connectivity index (χ0n) is 17.9. The van der Waals surface area contributed by atoms with Crippen LogP contribution in [0, 0.1) is 0 Å². The Morgan fingerprint density at radius 3 is 2.67 bits per heavy atom. The number of rotatable bonds is 6. The monoisotopic (exact) mass is 447 g/mol. The van der Waals surface area contributed by atoms with E-state index in [1.165, 1.54) is 6.08 Å². The van der Waals surface area contributed by atoms with Gasteiger partial charge in [0.2, 0.25) is 0 Å². The maximum atomic E-state index is 13.1. The summed E-state index contributed by atoms with van der Waals surface area (Å²) in [6.45, 7) is 3.82. The molecule has 0 unspecified atom stereocenters. The number of carbonyl (C=O) groups excluding carboxylic acids is 3. The van der Waals surface area contributed by atoms with Crippen molar-refractivity contribution in [3.05, 3.63) is 65.9 Å². The second-order valence-corrected chi connectivity index (χ2v) is 7.44. The SMILES string of the molecule is CCOc1cccc(N2C(=O)NC(=O)/C(=C\c3ccc4c(ccn4[C@H](C)C(=O)O)c3)C2=O)c1. The summed E-state index contributed by atoms with van der Waals surface area (Å²) in [7, 11) is 0. The van der Waals surface area contributed by atoms with Crippen LogP contribution in [0.3, 0.4) is 0 Å². The largest absolute Gasteiger partial charge is 0.494 e. The van der Waals surface area contributed by atoms with Gasteiger partial charge in [0, 0.05) is 23.2 Å². The minimum Gasteiger partial charge on any atom is -0.494 e. The zero-order valence-corrected chi connectivity index (χ0v) is 17.9. The lowest BCUT2D eigenvalue weighted by atomic mass is 10.1. The van der Waals surface area contributed by atoms with Gasteiger partial charge in [-0.05, 0) is 55.8 Å². The average Bonchev–Trinajstić information content (AvgIpc) is 3.19. The first-order valence-electron chi connectivity index (χ1n) is 10.3. The maximum absolute atomic E-state index is 13.1. The molecule has 1 aliphatic heterocycles. The van der Waals surface area contributed by atoms with Crippen molar-refractivity contribution in [3.63, 3.8) is 0 Å². The minimum absolute atomic E-state index is 0.200. The molecular formula is C24H21N3O6. The molecule has 33 heavy (non-hydrogen) atoms. The van der Waals surface area contributed by atoms with Crippen LogP contribution in [0.4, 0.5) is 10.5 Å². The lowest BCUT2D eigenvalue weighted by molar-refractivity contribution is -0.140. The van der Waals surface area contributed by atoms with Crippen LogP contribution in [-0.4, -0.2) is 40.1 Å². The van der Waals surface area contributed by atoms with Crippen LogP contribution in [-0.2, 0) is 14.4 Å². The van der Waals surface area contributed by atoms with E-state index in [2.05, 4.69) is 5.32 Å². The van der Waals surface area contributed by atoms with E-state index in [9.17, 15) is 24.3 Å². The number of carboxylic acids is 1. The molecule has 2 N–H and O–H groups in total. The molecule has 168 valence electrons. The summed E-state index contributed by atoms with van der Waals surface area (Å²) >= 11 is 0. The molecule has 0 radical (unpaired) electrons. The lowest BCUT2D eigenvalue weighted by Gasteiger charge is -2.26. The number of aromatic nitrogens is 1. The summed E-state index contributed by atoms with van der Waals surface area (Å²) < 4.78 is 7.06. The summed E-state index contributed by atoms with van der Waals surface area (Å²) in [5, 5.41) is 12.2. The molecule has 1 saturated heterocycles. The summed E-state index contributed by atoms with van der Waals surface area (Å²) in [5.74, 6) is -2.01. The Bertz CT molecular complexity index is 1320. The molecule has 1 aromatic heterocycles. The number of ether oxygens (including phenoxy) is 1. The van der Waals surface area contributed by atoms with E-state index in [0.717, 1.165) is 10.3 Å². The Balaban J connectivity index is 1.69. The van der Waals surface area contributed by atoms with Crippen molar-refractivity contribution < 1.29 is 29.0 Å². The highest BCUT2D eigenvalue weighted by atomic mass is 16.5. The van der Waals surface area contributed by atoms with Gasteiger partial charge in [0.05, 0.1) is 12.3 Å². The lowest BCUT2D eigenvalue weighted by Crippen LogP contribution is -2.54. The Morgan fingerprint density at radius 2 is 1.94 bits per heavy atom. The predicted octanol–water partition coefficient (Wildman–Crippen LogP) is 3.35. The average molecular weight is 447 g/mol. The van der Waals surface area contributed by atoms with Crippen molar-refractivity contribution in [1.29, 1.82) is 0 Å². The number of amides is 4. The first-order valence-corrected chi connectivity index (χ1v) is 10.3. The number of carboxylic acid groups (broad SMARTS) is 1. The predicted molar refractivity (Wildman–Crippen MR) is 121 cm³/mol. The standard InChI is InChI=1S/C24H21N3O6/c1-3-33-18-6-4-5-17(13-18)27-22(29)19(21(28)25-24(27)32)12-15-7-8-20-16(11-15)9-10-26(20)14(2)23(30)31/h4-14H,3H2,1-2H3,(H,30,31)(H,25,28,32)/b19-12+/t14-/m1/s1. The molecule has 4 amide bonds. The fraction of sp³-hybridized carbons (Fsp3) is 0.167. The molecule has 9 nitrogen and oxygen atoms in total. The molecule has 0 spiro atoms. The van der Waals surface area contributed by atoms with Gasteiger partial charge in [-0.15, -0.1) is 0 Å². The Labute approximate surface area is 188 Å². The van der Waals surface area contributed by atoms with Gasteiger partial charge in [0.1, 0.15) is 17.4 Å². The van der Waals surface area contributed by atoms with E-state index in [1.807, 2.05) is 6.92 Å². The fourth-order valence-electron chi connectivity index (χ4n) is 3.67. The van der Waals surface area contributed by atoms with Crippen LogP contribution in [0.15, 0.2) is 60.3 Å². The molecular weight excluding hydrogens is 426 g/mol. The van der Waals surface area contributed by atoms with Crippen LogP contribution in [0.1, 0.15) is 25.5 Å². The van der Waals surface area contributed by atoms with E-state index >= 15 is 0 Å². The number of nitrogens with one attached hydrogen (secondary N) is 1. The van der Waals surface area contributed by atoms with Crippen molar-refractivity contribution in [2.75, 3.05) is 11.5 Å². The summed E-state index contributed by atoms with van der Waals surface area (Å²) in [6.07, 6.45) is 3.07. The molecule has 1 aliphatic rings. The van der Waals surface area contributed by atoms with Gasteiger partial charge in [-0.1, -0.05) is 12.1 Å². The van der Waals surface area contributed by atoms with E-state index in [1.54, 1.807) is 66.2 Å². The number of imide groups is 2. The fourth-order valence-corrected chi connectivity index (χ4v) is 3.67. The van der Waals surface area contributed by atoms with Gasteiger partial charge in [-0.25, -0.2) is 14.5 Å². The van der Waals surface area contributed by atoms with Gasteiger partial charge in [0.15, 0.2) is 0 Å². The summed E-state index contributed by atoms with van der Waals surface area (Å²) in [4.78, 5) is 50.2. The number of carbonyl (C=O) groups is 4. The van der Waals surface area contributed by atoms with Gasteiger partial charge >= 0.3 is 12.0 Å². The summed E-state index contributed by atoms with van der Waals surface area (Å²) in [5.41, 5.74) is 1.33. The highest BCUT2D eigenvalue weighted by Gasteiger charge is 2.37. The summed E-state index contributed by atoms with van der Waals surface area (Å²) in [6, 6.07) is 11.8. The Morgan fingerprint density at radius 1 is 1.15 bits per heavy atom. The number of hydrogen-bond acceptors (Lipinski definition) is 5. The van der Waals surface area contributed by atoms with Gasteiger partial charge in [-0.3, -0.25) is 14.9 Å². The Hall–Kier alpha value is -4.40. The van der Waals surface area contributed by atoms with Gasteiger partial charge < -0.3 is 14.4 Å². The minimum atomic E-state index is -0.957. The number of hydrogen-bond donors (Lipinski definition) is 2. The number of nitrogens with zero attached hydrogens (tertiary/aromatic N) is 2. The molecule has 0 saturated carbocycles. The molecule has 9 heteroatoms. The molecule has 3 aromatic rings. The van der Waals surface area contributed by atoms with E-state index in [4.69, 9.17) is 4.74 Å². The Kier molecular flexibility index (Phi) is 5.70. The first kappa shape index (κ1) is 21.8. The molecule has 4 rings (SSSR count). The van der Waals surface area contributed by atoms with E-state index < -0.39 is 29.9 Å². The van der Waals surface area contributed by atoms with Crippen molar-refractivity contribution in [3.8, 4) is 5.75 Å². The van der Waals surface area contributed by atoms with Crippen LogP contribution in [0.5, 0.6) is 5.75 Å². The topological polar surface area (TPSA) is 118 Å².